The molecule has 5 heteroatoms. The third-order valence-electron chi connectivity index (χ3n) is 3.55. The van der Waals surface area contributed by atoms with E-state index in [9.17, 15) is 14.7 Å². The highest BCUT2D eigenvalue weighted by Crippen LogP contribution is 2.05. The largest absolute Gasteiger partial charge is 0.393 e. The highest BCUT2D eigenvalue weighted by Gasteiger charge is 2.12. The van der Waals surface area contributed by atoms with Crippen molar-refractivity contribution in [2.75, 3.05) is 6.54 Å². The summed E-state index contributed by atoms with van der Waals surface area (Å²) in [6.45, 7) is 4.42. The van der Waals surface area contributed by atoms with Crippen LogP contribution in [0.3, 0.4) is 0 Å². The van der Waals surface area contributed by atoms with Crippen molar-refractivity contribution in [1.82, 2.24) is 9.88 Å². The minimum atomic E-state index is -0.482. The van der Waals surface area contributed by atoms with Crippen LogP contribution in [0.2, 0.25) is 0 Å². The number of aliphatic hydroxyl groups excluding tert-OH is 1. The summed E-state index contributed by atoms with van der Waals surface area (Å²) in [5.74, 6) is -0.408. The van der Waals surface area contributed by atoms with E-state index in [4.69, 9.17) is 0 Å². The monoisotopic (exact) mass is 314 g/mol. The van der Waals surface area contributed by atoms with E-state index in [0.717, 1.165) is 11.1 Å². The van der Waals surface area contributed by atoms with Crippen LogP contribution in [0.15, 0.2) is 47.4 Å². The molecule has 5 nitrogen and oxygen atoms in total. The number of benzene rings is 1. The fourth-order valence-electron chi connectivity index (χ4n) is 2.33. The quantitative estimate of drug-likeness (QED) is 0.852. The topological polar surface area (TPSA) is 71.3 Å². The van der Waals surface area contributed by atoms with Gasteiger partial charge in [-0.25, -0.2) is 0 Å². The molecule has 2 aromatic rings. The molecule has 1 amide bonds. The second-order valence-corrected chi connectivity index (χ2v) is 5.74. The zero-order chi connectivity index (χ0) is 16.8. The van der Waals surface area contributed by atoms with Gasteiger partial charge in [-0.05, 0) is 38.0 Å². The Labute approximate surface area is 135 Å². The van der Waals surface area contributed by atoms with Crippen LogP contribution in [0.5, 0.6) is 0 Å². The van der Waals surface area contributed by atoms with Crippen LogP contribution in [0, 0.1) is 6.92 Å². The van der Waals surface area contributed by atoms with Gasteiger partial charge in [0.2, 0.25) is 0 Å². The van der Waals surface area contributed by atoms with Crippen molar-refractivity contribution in [3.63, 3.8) is 0 Å². The SMILES string of the molecule is Cc1cccc(Cn2cccc(C(=O)NCCC(C)O)c2=O)c1. The molecule has 0 saturated carbocycles. The molecule has 122 valence electrons. The molecular formula is C18H22N2O3. The van der Waals surface area contributed by atoms with Gasteiger partial charge in [0.15, 0.2) is 0 Å². The summed E-state index contributed by atoms with van der Waals surface area (Å²) in [6.07, 6.45) is 1.65. The van der Waals surface area contributed by atoms with Crippen LogP contribution in [0.1, 0.15) is 34.8 Å². The summed E-state index contributed by atoms with van der Waals surface area (Å²) >= 11 is 0. The molecule has 2 N–H and O–H groups in total. The molecule has 0 spiro atoms. The van der Waals surface area contributed by atoms with Gasteiger partial charge in [-0.15, -0.1) is 0 Å². The first-order chi connectivity index (χ1) is 11.0. The third-order valence-corrected chi connectivity index (χ3v) is 3.55. The number of rotatable bonds is 6. The number of hydrogen-bond acceptors (Lipinski definition) is 3. The Bertz CT molecular complexity index is 735. The number of amides is 1. The predicted molar refractivity (Wildman–Crippen MR) is 89.6 cm³/mol. The van der Waals surface area contributed by atoms with Crippen molar-refractivity contribution in [2.45, 2.75) is 32.9 Å². The molecule has 1 unspecified atom stereocenters. The average Bonchev–Trinajstić information content (AvgIpc) is 2.49. The van der Waals surface area contributed by atoms with Crippen molar-refractivity contribution in [1.29, 1.82) is 0 Å². The maximum atomic E-state index is 12.4. The zero-order valence-corrected chi connectivity index (χ0v) is 13.5. The molecule has 0 radical (unpaired) electrons. The summed E-state index contributed by atoms with van der Waals surface area (Å²) in [5.41, 5.74) is 1.94. The number of aliphatic hydroxyl groups is 1. The predicted octanol–water partition coefficient (Wildman–Crippen LogP) is 1.71. The molecule has 0 aliphatic heterocycles. The number of nitrogens with zero attached hydrogens (tertiary/aromatic N) is 1. The van der Waals surface area contributed by atoms with E-state index in [1.165, 1.54) is 10.6 Å². The van der Waals surface area contributed by atoms with Crippen molar-refractivity contribution in [3.8, 4) is 0 Å². The molecule has 1 heterocycles. The van der Waals surface area contributed by atoms with Crippen molar-refractivity contribution < 1.29 is 9.90 Å². The molecule has 2 rings (SSSR count). The Kier molecular flexibility index (Phi) is 5.71. The second-order valence-electron chi connectivity index (χ2n) is 5.74. The van der Waals surface area contributed by atoms with E-state index in [2.05, 4.69) is 5.32 Å². The van der Waals surface area contributed by atoms with Crippen molar-refractivity contribution in [2.24, 2.45) is 0 Å². The summed E-state index contributed by atoms with van der Waals surface area (Å²) in [5, 5.41) is 11.9. The fourth-order valence-corrected chi connectivity index (χ4v) is 2.33. The van der Waals surface area contributed by atoms with Crippen LogP contribution >= 0.6 is 0 Å². The van der Waals surface area contributed by atoms with E-state index in [-0.39, 0.29) is 11.1 Å². The highest BCUT2D eigenvalue weighted by atomic mass is 16.3. The number of carbonyl (C=O) groups excluding carboxylic acids is 1. The molecule has 1 aromatic heterocycles. The van der Waals surface area contributed by atoms with Gasteiger partial charge in [0.1, 0.15) is 5.56 Å². The molecule has 1 atom stereocenters. The summed E-state index contributed by atoms with van der Waals surface area (Å²) < 4.78 is 1.53. The van der Waals surface area contributed by atoms with Crippen LogP contribution in [0.25, 0.3) is 0 Å². The van der Waals surface area contributed by atoms with Crippen molar-refractivity contribution in [3.05, 3.63) is 69.6 Å². The molecule has 23 heavy (non-hydrogen) atoms. The molecule has 0 bridgehead atoms. The van der Waals surface area contributed by atoms with Gasteiger partial charge in [0.25, 0.3) is 11.5 Å². The molecule has 0 fully saturated rings. The highest BCUT2D eigenvalue weighted by molar-refractivity contribution is 5.93. The van der Waals surface area contributed by atoms with Crippen molar-refractivity contribution >= 4 is 5.91 Å². The van der Waals surface area contributed by atoms with Crippen LogP contribution in [0.4, 0.5) is 0 Å². The first kappa shape index (κ1) is 17.0. The van der Waals surface area contributed by atoms with Gasteiger partial charge in [-0.1, -0.05) is 29.8 Å². The summed E-state index contributed by atoms with van der Waals surface area (Å²) in [6, 6.07) is 11.1. The Morgan fingerprint density at radius 1 is 1.30 bits per heavy atom. The normalized spacial score (nSPS) is 12.0. The van der Waals surface area contributed by atoms with Gasteiger partial charge in [0.05, 0.1) is 12.6 Å². The van der Waals surface area contributed by atoms with Gasteiger partial charge in [0, 0.05) is 12.7 Å². The van der Waals surface area contributed by atoms with Gasteiger partial charge >= 0.3 is 0 Å². The number of pyridine rings is 1. The summed E-state index contributed by atoms with van der Waals surface area (Å²) in [7, 11) is 0. The Balaban J connectivity index is 2.14. The number of nitrogens with one attached hydrogen (secondary N) is 1. The number of aromatic nitrogens is 1. The zero-order valence-electron chi connectivity index (χ0n) is 13.5. The molecule has 1 aromatic carbocycles. The van der Waals surface area contributed by atoms with E-state index < -0.39 is 12.0 Å². The second kappa shape index (κ2) is 7.74. The van der Waals surface area contributed by atoms with E-state index in [0.29, 0.717) is 19.5 Å². The minimum Gasteiger partial charge on any atom is -0.393 e. The Morgan fingerprint density at radius 3 is 2.78 bits per heavy atom. The summed E-state index contributed by atoms with van der Waals surface area (Å²) in [4.78, 5) is 24.5. The standard InChI is InChI=1S/C18H22N2O3/c1-13-5-3-6-15(11-13)12-20-10-4-7-16(18(20)23)17(22)19-9-8-14(2)21/h3-7,10-11,14,21H,8-9,12H2,1-2H3,(H,19,22). The minimum absolute atomic E-state index is 0.116. The maximum absolute atomic E-state index is 12.4. The van der Waals surface area contributed by atoms with Crippen LogP contribution < -0.4 is 10.9 Å². The lowest BCUT2D eigenvalue weighted by Crippen LogP contribution is -2.34. The van der Waals surface area contributed by atoms with Crippen LogP contribution in [-0.4, -0.2) is 28.2 Å². The van der Waals surface area contributed by atoms with Gasteiger partial charge < -0.3 is 15.0 Å². The van der Waals surface area contributed by atoms with Gasteiger partial charge in [-0.2, -0.15) is 0 Å². The smallest absolute Gasteiger partial charge is 0.263 e. The Morgan fingerprint density at radius 2 is 2.09 bits per heavy atom. The first-order valence-corrected chi connectivity index (χ1v) is 7.68. The van der Waals surface area contributed by atoms with Crippen LogP contribution in [-0.2, 0) is 6.54 Å². The van der Waals surface area contributed by atoms with E-state index >= 15 is 0 Å². The first-order valence-electron chi connectivity index (χ1n) is 7.68. The molecule has 0 aliphatic carbocycles. The lowest BCUT2D eigenvalue weighted by Gasteiger charge is -2.10. The van der Waals surface area contributed by atoms with E-state index in [1.54, 1.807) is 19.2 Å². The number of aryl methyl sites for hydroxylation is 1. The van der Waals surface area contributed by atoms with Gasteiger partial charge in [-0.3, -0.25) is 9.59 Å². The number of hydrogen-bond donors (Lipinski definition) is 2. The maximum Gasteiger partial charge on any atom is 0.263 e. The third kappa shape index (κ3) is 4.79. The molecule has 0 aliphatic rings. The lowest BCUT2D eigenvalue weighted by atomic mass is 10.1. The van der Waals surface area contributed by atoms with E-state index in [1.807, 2.05) is 31.2 Å². The average molecular weight is 314 g/mol. The fraction of sp³-hybridized carbons (Fsp3) is 0.333. The Hall–Kier alpha value is -2.40. The molecular weight excluding hydrogens is 292 g/mol. The lowest BCUT2D eigenvalue weighted by molar-refractivity contribution is 0.0943. The number of carbonyl (C=O) groups is 1. The molecule has 0 saturated heterocycles.